The minimum absolute atomic E-state index is 0.0325. The van der Waals surface area contributed by atoms with Gasteiger partial charge in [0, 0.05) is 19.1 Å². The van der Waals surface area contributed by atoms with Crippen LogP contribution < -0.4 is 5.32 Å². The molecule has 0 spiro atoms. The van der Waals surface area contributed by atoms with E-state index in [1.54, 1.807) is 6.92 Å². The molecular formula is C10H18N2O5S. The Morgan fingerprint density at radius 1 is 1.44 bits per heavy atom. The lowest BCUT2D eigenvalue weighted by Crippen LogP contribution is -2.45. The fraction of sp³-hybridized carbons (Fsp3) is 0.800. The van der Waals surface area contributed by atoms with E-state index < -0.39 is 21.8 Å². The van der Waals surface area contributed by atoms with Crippen molar-refractivity contribution in [3.8, 4) is 0 Å². The van der Waals surface area contributed by atoms with Crippen molar-refractivity contribution in [2.45, 2.75) is 25.8 Å². The molecule has 1 heterocycles. The van der Waals surface area contributed by atoms with Crippen LogP contribution in [-0.4, -0.2) is 61.1 Å². The molecule has 1 aliphatic rings. The number of sulfone groups is 1. The first-order chi connectivity index (χ1) is 8.34. The van der Waals surface area contributed by atoms with Crippen LogP contribution in [0.5, 0.6) is 0 Å². The van der Waals surface area contributed by atoms with E-state index >= 15 is 0 Å². The zero-order valence-electron chi connectivity index (χ0n) is 10.3. The number of rotatable bonds is 5. The molecule has 2 N–H and O–H groups in total. The van der Waals surface area contributed by atoms with Crippen molar-refractivity contribution in [2.24, 2.45) is 0 Å². The SMILES string of the molecule is CCN(CCC(=O)O)C(=O)NC1CCS(=O)(=O)C1. The molecule has 1 rings (SSSR count). The molecule has 104 valence electrons. The molecule has 0 aromatic carbocycles. The minimum Gasteiger partial charge on any atom is -0.481 e. The highest BCUT2D eigenvalue weighted by molar-refractivity contribution is 7.91. The molecule has 1 saturated heterocycles. The van der Waals surface area contributed by atoms with E-state index in [-0.39, 0.29) is 30.5 Å². The topological polar surface area (TPSA) is 104 Å². The highest BCUT2D eigenvalue weighted by atomic mass is 32.2. The van der Waals surface area contributed by atoms with E-state index in [1.165, 1.54) is 4.90 Å². The molecule has 1 aliphatic heterocycles. The Labute approximate surface area is 106 Å². The van der Waals surface area contributed by atoms with E-state index in [4.69, 9.17) is 5.11 Å². The Balaban J connectivity index is 2.45. The van der Waals surface area contributed by atoms with Crippen LogP contribution >= 0.6 is 0 Å². The lowest BCUT2D eigenvalue weighted by Gasteiger charge is -2.22. The van der Waals surface area contributed by atoms with Crippen molar-refractivity contribution in [1.82, 2.24) is 10.2 Å². The summed E-state index contributed by atoms with van der Waals surface area (Å²) < 4.78 is 22.5. The van der Waals surface area contributed by atoms with Gasteiger partial charge in [0.2, 0.25) is 0 Å². The molecule has 1 fully saturated rings. The number of urea groups is 1. The monoisotopic (exact) mass is 278 g/mol. The molecule has 0 aromatic heterocycles. The number of carbonyl (C=O) groups excluding carboxylic acids is 1. The van der Waals surface area contributed by atoms with Crippen LogP contribution in [0.3, 0.4) is 0 Å². The first-order valence-electron chi connectivity index (χ1n) is 5.81. The van der Waals surface area contributed by atoms with Gasteiger partial charge in [-0.3, -0.25) is 4.79 Å². The zero-order valence-corrected chi connectivity index (χ0v) is 11.1. The van der Waals surface area contributed by atoms with E-state index in [1.807, 2.05) is 0 Å². The Morgan fingerprint density at radius 2 is 2.11 bits per heavy atom. The third-order valence-corrected chi connectivity index (χ3v) is 4.59. The quantitative estimate of drug-likeness (QED) is 0.717. The molecule has 18 heavy (non-hydrogen) atoms. The maximum Gasteiger partial charge on any atom is 0.317 e. The lowest BCUT2D eigenvalue weighted by atomic mass is 10.3. The number of carbonyl (C=O) groups is 2. The maximum atomic E-state index is 11.8. The highest BCUT2D eigenvalue weighted by Crippen LogP contribution is 2.11. The predicted molar refractivity (Wildman–Crippen MR) is 65.1 cm³/mol. The Kier molecular flexibility index (Phi) is 4.94. The molecule has 0 aromatic rings. The standard InChI is InChI=1S/C10H18N2O5S/c1-2-12(5-3-9(13)14)10(15)11-8-4-6-18(16,17)7-8/h8H,2-7H2,1H3,(H,11,15)(H,13,14). The van der Waals surface area contributed by atoms with Crippen molar-refractivity contribution in [3.05, 3.63) is 0 Å². The fourth-order valence-electron chi connectivity index (χ4n) is 1.81. The second-order valence-corrected chi connectivity index (χ2v) is 6.50. The molecule has 2 amide bonds. The Bertz CT molecular complexity index is 420. The lowest BCUT2D eigenvalue weighted by molar-refractivity contribution is -0.137. The number of hydrogen-bond donors (Lipinski definition) is 2. The van der Waals surface area contributed by atoms with Crippen molar-refractivity contribution >= 4 is 21.8 Å². The third-order valence-electron chi connectivity index (χ3n) is 2.82. The number of carboxylic acid groups (broad SMARTS) is 1. The minimum atomic E-state index is -3.03. The molecule has 0 radical (unpaired) electrons. The molecule has 0 aliphatic carbocycles. The molecule has 1 atom stereocenters. The number of carboxylic acids is 1. The summed E-state index contributed by atoms with van der Waals surface area (Å²) in [4.78, 5) is 23.6. The van der Waals surface area contributed by atoms with Crippen LogP contribution in [0.25, 0.3) is 0 Å². The van der Waals surface area contributed by atoms with Gasteiger partial charge in [0.1, 0.15) is 0 Å². The zero-order chi connectivity index (χ0) is 13.8. The number of hydrogen-bond acceptors (Lipinski definition) is 4. The first-order valence-corrected chi connectivity index (χ1v) is 7.64. The third kappa shape index (κ3) is 4.52. The fourth-order valence-corrected chi connectivity index (χ4v) is 3.48. The molecule has 8 heteroatoms. The second kappa shape index (κ2) is 6.03. The summed E-state index contributed by atoms with van der Waals surface area (Å²) in [5.74, 6) is -0.904. The van der Waals surface area contributed by atoms with Crippen LogP contribution in [0.2, 0.25) is 0 Å². The van der Waals surface area contributed by atoms with Gasteiger partial charge in [-0.1, -0.05) is 0 Å². The number of nitrogens with one attached hydrogen (secondary N) is 1. The van der Waals surface area contributed by atoms with Crippen LogP contribution in [0.4, 0.5) is 4.79 Å². The van der Waals surface area contributed by atoms with Crippen molar-refractivity contribution < 1.29 is 23.1 Å². The average molecular weight is 278 g/mol. The molecular weight excluding hydrogens is 260 g/mol. The first kappa shape index (κ1) is 14.7. The van der Waals surface area contributed by atoms with Crippen LogP contribution in [0, 0.1) is 0 Å². The van der Waals surface area contributed by atoms with Gasteiger partial charge < -0.3 is 15.3 Å². The summed E-state index contributed by atoms with van der Waals surface area (Å²) in [5, 5.41) is 11.2. The molecule has 1 unspecified atom stereocenters. The van der Waals surface area contributed by atoms with Crippen LogP contribution in [-0.2, 0) is 14.6 Å². The Morgan fingerprint density at radius 3 is 2.56 bits per heavy atom. The van der Waals surface area contributed by atoms with Crippen molar-refractivity contribution in [3.63, 3.8) is 0 Å². The molecule has 0 bridgehead atoms. The van der Waals surface area contributed by atoms with Gasteiger partial charge in [-0.05, 0) is 13.3 Å². The Hall–Kier alpha value is -1.31. The van der Waals surface area contributed by atoms with Crippen LogP contribution in [0.1, 0.15) is 19.8 Å². The largest absolute Gasteiger partial charge is 0.481 e. The normalized spacial score (nSPS) is 21.5. The number of nitrogens with zero attached hydrogens (tertiary/aromatic N) is 1. The van der Waals surface area contributed by atoms with E-state index in [0.29, 0.717) is 13.0 Å². The number of aliphatic carboxylic acids is 1. The average Bonchev–Trinajstić information content (AvgIpc) is 2.58. The predicted octanol–water partition coefficient (Wildman–Crippen LogP) is -0.320. The summed E-state index contributed by atoms with van der Waals surface area (Å²) in [6.45, 7) is 2.25. The smallest absolute Gasteiger partial charge is 0.317 e. The van der Waals surface area contributed by atoms with Gasteiger partial charge in [-0.25, -0.2) is 13.2 Å². The van der Waals surface area contributed by atoms with Crippen molar-refractivity contribution in [2.75, 3.05) is 24.6 Å². The molecule has 7 nitrogen and oxygen atoms in total. The molecule has 0 saturated carbocycles. The van der Waals surface area contributed by atoms with E-state index in [2.05, 4.69) is 5.32 Å². The van der Waals surface area contributed by atoms with Gasteiger partial charge in [-0.15, -0.1) is 0 Å². The summed E-state index contributed by atoms with van der Waals surface area (Å²) >= 11 is 0. The van der Waals surface area contributed by atoms with Crippen LogP contribution in [0.15, 0.2) is 0 Å². The van der Waals surface area contributed by atoms with Gasteiger partial charge >= 0.3 is 12.0 Å². The summed E-state index contributed by atoms with van der Waals surface area (Å²) in [5.41, 5.74) is 0. The summed E-state index contributed by atoms with van der Waals surface area (Å²) in [7, 11) is -3.03. The van der Waals surface area contributed by atoms with Gasteiger partial charge in [0.15, 0.2) is 9.84 Å². The maximum absolute atomic E-state index is 11.8. The van der Waals surface area contributed by atoms with E-state index in [9.17, 15) is 18.0 Å². The van der Waals surface area contributed by atoms with Gasteiger partial charge in [-0.2, -0.15) is 0 Å². The van der Waals surface area contributed by atoms with E-state index in [0.717, 1.165) is 0 Å². The van der Waals surface area contributed by atoms with Gasteiger partial charge in [0.05, 0.1) is 17.9 Å². The second-order valence-electron chi connectivity index (χ2n) is 4.27. The summed E-state index contributed by atoms with van der Waals surface area (Å²) in [6.07, 6.45) is 0.300. The van der Waals surface area contributed by atoms with Gasteiger partial charge in [0.25, 0.3) is 0 Å². The van der Waals surface area contributed by atoms with Crippen molar-refractivity contribution in [1.29, 1.82) is 0 Å². The number of amides is 2. The highest BCUT2D eigenvalue weighted by Gasteiger charge is 2.29. The summed E-state index contributed by atoms with van der Waals surface area (Å²) in [6, 6.07) is -0.762.